The molecule has 0 bridgehead atoms. The zero-order valence-corrected chi connectivity index (χ0v) is 10.2. The molecule has 2 nitrogen and oxygen atoms in total. The summed E-state index contributed by atoms with van der Waals surface area (Å²) in [4.78, 5) is 10.9. The van der Waals surface area contributed by atoms with Gasteiger partial charge in [0.05, 0.1) is 0 Å². The van der Waals surface area contributed by atoms with Crippen molar-refractivity contribution in [1.82, 2.24) is 0 Å². The molecule has 0 aromatic heterocycles. The Morgan fingerprint density at radius 3 is 1.58 bits per heavy atom. The van der Waals surface area contributed by atoms with E-state index in [0.29, 0.717) is 0 Å². The number of halogens is 7. The molecule has 0 aromatic carbocycles. The molecule has 0 atom stereocenters. The molecule has 0 spiro atoms. The number of nitrogens with two attached hydrogens (primary N) is 1. The van der Waals surface area contributed by atoms with E-state index in [9.17, 15) is 35.5 Å². The molecule has 0 rings (SSSR count). The molecular formula is C10H12F7NO. The van der Waals surface area contributed by atoms with Crippen LogP contribution in [0.3, 0.4) is 0 Å². The third-order valence-electron chi connectivity index (χ3n) is 2.21. The highest BCUT2D eigenvalue weighted by molar-refractivity contribution is 5.97. The lowest BCUT2D eigenvalue weighted by molar-refractivity contribution is -0.342. The van der Waals surface area contributed by atoms with Gasteiger partial charge in [-0.15, -0.1) is 0 Å². The van der Waals surface area contributed by atoms with E-state index >= 15 is 0 Å². The van der Waals surface area contributed by atoms with Crippen LogP contribution in [0.15, 0.2) is 11.8 Å². The Morgan fingerprint density at radius 1 is 0.947 bits per heavy atom. The second-order valence-corrected chi connectivity index (χ2v) is 4.86. The van der Waals surface area contributed by atoms with Crippen molar-refractivity contribution in [2.24, 2.45) is 11.1 Å². The summed E-state index contributed by atoms with van der Waals surface area (Å²) in [6, 6.07) is 0. The van der Waals surface area contributed by atoms with Gasteiger partial charge >= 0.3 is 18.0 Å². The number of ketones is 1. The Kier molecular flexibility index (Phi) is 4.36. The van der Waals surface area contributed by atoms with Gasteiger partial charge in [-0.3, -0.25) is 4.79 Å². The third kappa shape index (κ3) is 3.38. The number of allylic oxidation sites excluding steroid dienone is 2. The largest absolute Gasteiger partial charge is 0.460 e. The minimum Gasteiger partial charge on any atom is -0.402 e. The van der Waals surface area contributed by atoms with Crippen molar-refractivity contribution in [2.45, 2.75) is 38.8 Å². The fraction of sp³-hybridized carbons (Fsp3) is 0.700. The summed E-state index contributed by atoms with van der Waals surface area (Å²) in [7, 11) is 0. The van der Waals surface area contributed by atoms with Crippen molar-refractivity contribution in [3.05, 3.63) is 11.8 Å². The molecule has 2 N–H and O–H groups in total. The Bertz CT molecular complexity index is 390. The first-order valence-corrected chi connectivity index (χ1v) is 4.89. The van der Waals surface area contributed by atoms with Crippen LogP contribution >= 0.6 is 0 Å². The molecule has 0 saturated heterocycles. The van der Waals surface area contributed by atoms with Crippen LogP contribution in [0.2, 0.25) is 0 Å². The van der Waals surface area contributed by atoms with Gasteiger partial charge in [0.1, 0.15) is 0 Å². The minimum atomic E-state index is -6.55. The first-order valence-electron chi connectivity index (χ1n) is 4.89. The summed E-state index contributed by atoms with van der Waals surface area (Å²) in [5, 5.41) is 0. The van der Waals surface area contributed by atoms with Crippen LogP contribution in [-0.4, -0.2) is 23.8 Å². The van der Waals surface area contributed by atoms with E-state index < -0.39 is 34.9 Å². The molecule has 112 valence electrons. The van der Waals surface area contributed by atoms with Crippen LogP contribution in [0.5, 0.6) is 0 Å². The van der Waals surface area contributed by atoms with Crippen molar-refractivity contribution in [3.63, 3.8) is 0 Å². The lowest BCUT2D eigenvalue weighted by Gasteiger charge is -2.27. The van der Waals surface area contributed by atoms with Crippen LogP contribution in [0.4, 0.5) is 30.7 Å². The van der Waals surface area contributed by atoms with Crippen LogP contribution in [-0.2, 0) is 4.79 Å². The minimum absolute atomic E-state index is 0.0976. The molecule has 0 aliphatic rings. The Hall–Kier alpha value is -1.28. The average Bonchev–Trinajstić information content (AvgIpc) is 2.13. The second kappa shape index (κ2) is 4.68. The summed E-state index contributed by atoms with van der Waals surface area (Å²) in [5.74, 6) is -15.1. The lowest BCUT2D eigenvalue weighted by atomic mass is 9.90. The van der Waals surface area contributed by atoms with Gasteiger partial charge in [0.25, 0.3) is 0 Å². The van der Waals surface area contributed by atoms with Gasteiger partial charge in [-0.05, 0) is 0 Å². The summed E-state index contributed by atoms with van der Waals surface area (Å²) >= 11 is 0. The molecule has 0 fully saturated rings. The maximum atomic E-state index is 12.9. The molecule has 19 heavy (non-hydrogen) atoms. The Morgan fingerprint density at radius 2 is 1.32 bits per heavy atom. The zero-order chi connectivity index (χ0) is 15.9. The number of hydrogen-bond donors (Lipinski definition) is 1. The monoisotopic (exact) mass is 295 g/mol. The molecular weight excluding hydrogens is 283 g/mol. The fourth-order valence-electron chi connectivity index (χ4n) is 0.781. The molecule has 0 radical (unpaired) electrons. The first kappa shape index (κ1) is 17.7. The zero-order valence-electron chi connectivity index (χ0n) is 10.2. The van der Waals surface area contributed by atoms with Gasteiger partial charge in [0.15, 0.2) is 0 Å². The van der Waals surface area contributed by atoms with Crippen molar-refractivity contribution >= 4 is 5.78 Å². The average molecular weight is 295 g/mol. The molecule has 0 aromatic rings. The van der Waals surface area contributed by atoms with E-state index in [-0.39, 0.29) is 6.08 Å². The SMILES string of the molecule is CC(C)(C)/C(N)=C/C(=O)C(F)(F)C(F)(F)C(F)(F)F. The maximum absolute atomic E-state index is 12.9. The van der Waals surface area contributed by atoms with Gasteiger partial charge in [-0.25, -0.2) is 0 Å². The van der Waals surface area contributed by atoms with E-state index in [2.05, 4.69) is 0 Å². The molecule has 0 aliphatic carbocycles. The molecule has 0 aliphatic heterocycles. The predicted octanol–water partition coefficient (Wildman–Crippen LogP) is 3.28. The highest BCUT2D eigenvalue weighted by atomic mass is 19.4. The van der Waals surface area contributed by atoms with Crippen LogP contribution in [0, 0.1) is 5.41 Å². The molecule has 9 heteroatoms. The standard InChI is InChI=1S/C10H12F7NO/c1-7(2,3)5(18)4-6(19)8(11,12)9(13,14)10(15,16)17/h4H,18H2,1-3H3/b5-4-. The normalized spacial score (nSPS) is 15.6. The highest BCUT2D eigenvalue weighted by Gasteiger charge is 2.75. The van der Waals surface area contributed by atoms with Gasteiger partial charge in [-0.2, -0.15) is 30.7 Å². The lowest BCUT2D eigenvalue weighted by Crippen LogP contribution is -2.55. The van der Waals surface area contributed by atoms with Crippen LogP contribution in [0.25, 0.3) is 0 Å². The Labute approximate surface area is 104 Å². The Balaban J connectivity index is 5.54. The smallest absolute Gasteiger partial charge is 0.402 e. The van der Waals surface area contributed by atoms with Crippen LogP contribution in [0.1, 0.15) is 20.8 Å². The van der Waals surface area contributed by atoms with Gasteiger partial charge < -0.3 is 5.73 Å². The molecule has 0 heterocycles. The molecule has 0 amide bonds. The van der Waals surface area contributed by atoms with E-state index in [0.717, 1.165) is 0 Å². The first-order chi connectivity index (χ1) is 8.05. The number of alkyl halides is 7. The quantitative estimate of drug-likeness (QED) is 0.641. The summed E-state index contributed by atoms with van der Waals surface area (Å²) in [5.41, 5.74) is 3.62. The maximum Gasteiger partial charge on any atom is 0.460 e. The number of rotatable bonds is 3. The van der Waals surface area contributed by atoms with Gasteiger partial charge in [0, 0.05) is 17.2 Å². The summed E-state index contributed by atoms with van der Waals surface area (Å²) in [6.07, 6.45) is -6.64. The van der Waals surface area contributed by atoms with Crippen LogP contribution < -0.4 is 5.73 Å². The van der Waals surface area contributed by atoms with E-state index in [1.54, 1.807) is 0 Å². The van der Waals surface area contributed by atoms with Crippen molar-refractivity contribution < 1.29 is 35.5 Å². The number of hydrogen-bond acceptors (Lipinski definition) is 2. The number of carbonyl (C=O) groups excluding carboxylic acids is 1. The van der Waals surface area contributed by atoms with Crippen molar-refractivity contribution in [3.8, 4) is 0 Å². The van der Waals surface area contributed by atoms with Gasteiger partial charge in [-0.1, -0.05) is 20.8 Å². The molecule has 0 unspecified atom stereocenters. The number of carbonyl (C=O) groups is 1. The van der Waals surface area contributed by atoms with Gasteiger partial charge in [0.2, 0.25) is 5.78 Å². The predicted molar refractivity (Wildman–Crippen MR) is 52.7 cm³/mol. The van der Waals surface area contributed by atoms with E-state index in [4.69, 9.17) is 5.73 Å². The van der Waals surface area contributed by atoms with Crippen molar-refractivity contribution in [1.29, 1.82) is 0 Å². The highest BCUT2D eigenvalue weighted by Crippen LogP contribution is 2.47. The van der Waals surface area contributed by atoms with E-state index in [1.807, 2.05) is 0 Å². The second-order valence-electron chi connectivity index (χ2n) is 4.86. The fourth-order valence-corrected chi connectivity index (χ4v) is 0.781. The summed E-state index contributed by atoms with van der Waals surface area (Å²) in [6.45, 7) is 4.10. The summed E-state index contributed by atoms with van der Waals surface area (Å²) < 4.78 is 86.4. The molecule has 0 saturated carbocycles. The third-order valence-corrected chi connectivity index (χ3v) is 2.21. The topological polar surface area (TPSA) is 43.1 Å². The van der Waals surface area contributed by atoms with Crippen molar-refractivity contribution in [2.75, 3.05) is 0 Å². The van der Waals surface area contributed by atoms with E-state index in [1.165, 1.54) is 20.8 Å².